The van der Waals surface area contributed by atoms with Crippen LogP contribution in [0.15, 0.2) is 37.2 Å². The second-order valence-electron chi connectivity index (χ2n) is 4.29. The van der Waals surface area contributed by atoms with E-state index in [0.717, 1.165) is 5.69 Å². The summed E-state index contributed by atoms with van der Waals surface area (Å²) < 4.78 is 1.60. The van der Waals surface area contributed by atoms with Crippen molar-refractivity contribution in [2.24, 2.45) is 0 Å². The van der Waals surface area contributed by atoms with Crippen molar-refractivity contribution >= 4 is 23.1 Å². The predicted octanol–water partition coefficient (Wildman–Crippen LogP) is 2.47. The van der Waals surface area contributed by atoms with E-state index in [0.29, 0.717) is 22.2 Å². The number of hydrogen-bond acceptors (Lipinski definition) is 6. The molecule has 2 aromatic heterocycles. The van der Waals surface area contributed by atoms with Gasteiger partial charge in [0.2, 0.25) is 0 Å². The third-order valence-corrected chi connectivity index (χ3v) is 3.21. The van der Waals surface area contributed by atoms with Gasteiger partial charge < -0.3 is 10.4 Å². The van der Waals surface area contributed by atoms with Gasteiger partial charge >= 0.3 is 0 Å². The Bertz CT molecular complexity index is 774. The molecule has 0 saturated heterocycles. The fourth-order valence-corrected chi connectivity index (χ4v) is 2.00. The van der Waals surface area contributed by atoms with E-state index in [1.54, 1.807) is 30.1 Å². The van der Waals surface area contributed by atoms with Gasteiger partial charge in [-0.2, -0.15) is 5.10 Å². The summed E-state index contributed by atoms with van der Waals surface area (Å²) in [4.78, 5) is 11.8. The van der Waals surface area contributed by atoms with Crippen LogP contribution in [0.5, 0.6) is 5.75 Å². The number of nitrogens with one attached hydrogen (secondary N) is 1. The predicted molar refractivity (Wildman–Crippen MR) is 78.1 cm³/mol. The van der Waals surface area contributed by atoms with Crippen LogP contribution in [-0.4, -0.2) is 29.8 Å². The summed E-state index contributed by atoms with van der Waals surface area (Å²) >= 11 is 6.24. The molecule has 1 aromatic carbocycles. The van der Waals surface area contributed by atoms with E-state index < -0.39 is 0 Å². The lowest BCUT2D eigenvalue weighted by Gasteiger charge is -2.11. The highest BCUT2D eigenvalue weighted by Crippen LogP contribution is 2.31. The molecule has 0 unspecified atom stereocenters. The summed E-state index contributed by atoms with van der Waals surface area (Å²) in [5.74, 6) is 0.298. The van der Waals surface area contributed by atoms with E-state index in [-0.39, 0.29) is 5.75 Å². The molecule has 0 saturated carbocycles. The number of aryl methyl sites for hydroxylation is 1. The summed E-state index contributed by atoms with van der Waals surface area (Å²) in [5.41, 5.74) is 1.89. The van der Waals surface area contributed by atoms with Crippen LogP contribution in [-0.2, 0) is 0 Å². The van der Waals surface area contributed by atoms with Crippen molar-refractivity contribution < 1.29 is 5.11 Å². The van der Waals surface area contributed by atoms with Gasteiger partial charge in [0.05, 0.1) is 22.1 Å². The smallest absolute Gasteiger partial charge is 0.180 e. The van der Waals surface area contributed by atoms with Crippen molar-refractivity contribution in [2.45, 2.75) is 6.92 Å². The number of hydrogen-bond donors (Lipinski definition) is 2. The van der Waals surface area contributed by atoms with Crippen molar-refractivity contribution in [3.63, 3.8) is 0 Å². The fraction of sp³-hybridized carbons (Fsp3) is 0.0769. The third kappa shape index (κ3) is 2.63. The van der Waals surface area contributed by atoms with Crippen molar-refractivity contribution in [2.75, 3.05) is 5.32 Å². The largest absolute Gasteiger partial charge is 0.503 e. The molecule has 0 fully saturated rings. The van der Waals surface area contributed by atoms with Gasteiger partial charge in [-0.25, -0.2) is 19.6 Å². The summed E-state index contributed by atoms with van der Waals surface area (Å²) in [6.45, 7) is 1.69. The van der Waals surface area contributed by atoms with Gasteiger partial charge in [0.1, 0.15) is 19.0 Å². The van der Waals surface area contributed by atoms with E-state index in [1.165, 1.54) is 12.7 Å². The molecule has 0 spiro atoms. The Hall–Kier alpha value is -2.67. The number of benzene rings is 1. The SMILES string of the molecule is Cc1ncnc(Nc2ccc(-n3cncn3)cc2Cl)c1O. The van der Waals surface area contributed by atoms with Crippen LogP contribution in [0.1, 0.15) is 5.69 Å². The first-order chi connectivity index (χ1) is 10.1. The molecular formula is C13H11ClN6O. The van der Waals surface area contributed by atoms with E-state index in [9.17, 15) is 5.11 Å². The summed E-state index contributed by atoms with van der Waals surface area (Å²) in [6, 6.07) is 5.34. The van der Waals surface area contributed by atoms with Gasteiger partial charge in [-0.3, -0.25) is 0 Å². The maximum Gasteiger partial charge on any atom is 0.180 e. The van der Waals surface area contributed by atoms with Crippen LogP contribution in [0.2, 0.25) is 5.02 Å². The van der Waals surface area contributed by atoms with Crippen LogP contribution in [0, 0.1) is 6.92 Å². The lowest BCUT2D eigenvalue weighted by Crippen LogP contribution is -1.99. The van der Waals surface area contributed by atoms with E-state index in [4.69, 9.17) is 11.6 Å². The molecule has 3 rings (SSSR count). The zero-order chi connectivity index (χ0) is 14.8. The number of aromatic nitrogens is 5. The summed E-state index contributed by atoms with van der Waals surface area (Å²) in [6.07, 6.45) is 4.40. The number of anilines is 2. The molecule has 0 atom stereocenters. The van der Waals surface area contributed by atoms with Crippen molar-refractivity contribution in [1.82, 2.24) is 24.7 Å². The minimum absolute atomic E-state index is 0.00563. The number of aromatic hydroxyl groups is 1. The molecular weight excluding hydrogens is 292 g/mol. The molecule has 2 N–H and O–H groups in total. The highest BCUT2D eigenvalue weighted by atomic mass is 35.5. The first-order valence-electron chi connectivity index (χ1n) is 6.07. The zero-order valence-electron chi connectivity index (χ0n) is 11.0. The zero-order valence-corrected chi connectivity index (χ0v) is 11.8. The lowest BCUT2D eigenvalue weighted by atomic mass is 10.2. The first kappa shape index (κ1) is 13.3. The van der Waals surface area contributed by atoms with Gasteiger partial charge in [0.25, 0.3) is 0 Å². The Kier molecular flexibility index (Phi) is 3.41. The van der Waals surface area contributed by atoms with Crippen LogP contribution >= 0.6 is 11.6 Å². The van der Waals surface area contributed by atoms with Crippen LogP contribution in [0.4, 0.5) is 11.5 Å². The molecule has 0 aliphatic heterocycles. The second-order valence-corrected chi connectivity index (χ2v) is 4.69. The molecule has 0 bridgehead atoms. The van der Waals surface area contributed by atoms with Gasteiger partial charge in [0.15, 0.2) is 11.6 Å². The first-order valence-corrected chi connectivity index (χ1v) is 6.45. The molecule has 0 amide bonds. The second kappa shape index (κ2) is 5.37. The van der Waals surface area contributed by atoms with Crippen LogP contribution in [0.3, 0.4) is 0 Å². The van der Waals surface area contributed by atoms with E-state index in [2.05, 4.69) is 25.4 Å². The Morgan fingerprint density at radius 1 is 1.24 bits per heavy atom. The lowest BCUT2D eigenvalue weighted by molar-refractivity contribution is 0.467. The van der Waals surface area contributed by atoms with Crippen LogP contribution in [0.25, 0.3) is 5.69 Å². The normalized spacial score (nSPS) is 10.6. The topological polar surface area (TPSA) is 88.8 Å². The molecule has 0 aliphatic carbocycles. The maximum absolute atomic E-state index is 9.90. The van der Waals surface area contributed by atoms with Crippen molar-refractivity contribution in [3.05, 3.63) is 47.9 Å². The Morgan fingerprint density at radius 3 is 2.81 bits per heavy atom. The highest BCUT2D eigenvalue weighted by molar-refractivity contribution is 6.33. The standard InChI is InChI=1S/C13H11ClN6O/c1-8-12(21)13(17-6-16-8)19-11-3-2-9(4-10(11)14)20-7-15-5-18-20/h2-7,21H,1H3,(H,16,17,19). The minimum atomic E-state index is -0.00563. The Balaban J connectivity index is 1.92. The summed E-state index contributed by atoms with van der Waals surface area (Å²) in [7, 11) is 0. The maximum atomic E-state index is 9.90. The Labute approximate surface area is 125 Å². The fourth-order valence-electron chi connectivity index (χ4n) is 1.78. The average molecular weight is 303 g/mol. The van der Waals surface area contributed by atoms with Gasteiger partial charge in [-0.1, -0.05) is 11.6 Å². The quantitative estimate of drug-likeness (QED) is 0.772. The average Bonchev–Trinajstić information content (AvgIpc) is 3.00. The third-order valence-electron chi connectivity index (χ3n) is 2.89. The number of nitrogens with zero attached hydrogens (tertiary/aromatic N) is 5. The van der Waals surface area contributed by atoms with Gasteiger partial charge in [-0.15, -0.1) is 0 Å². The molecule has 8 heteroatoms. The monoisotopic (exact) mass is 302 g/mol. The van der Waals surface area contributed by atoms with Gasteiger partial charge in [-0.05, 0) is 25.1 Å². The molecule has 21 heavy (non-hydrogen) atoms. The minimum Gasteiger partial charge on any atom is -0.503 e. The van der Waals surface area contributed by atoms with E-state index in [1.807, 2.05) is 6.07 Å². The highest BCUT2D eigenvalue weighted by Gasteiger charge is 2.09. The number of halogens is 1. The van der Waals surface area contributed by atoms with E-state index >= 15 is 0 Å². The molecule has 0 radical (unpaired) electrons. The van der Waals surface area contributed by atoms with Crippen molar-refractivity contribution in [1.29, 1.82) is 0 Å². The molecule has 7 nitrogen and oxygen atoms in total. The van der Waals surface area contributed by atoms with Gasteiger partial charge in [0, 0.05) is 0 Å². The number of rotatable bonds is 3. The molecule has 106 valence electrons. The molecule has 3 aromatic rings. The molecule has 0 aliphatic rings. The Morgan fingerprint density at radius 2 is 2.10 bits per heavy atom. The summed E-state index contributed by atoms with van der Waals surface area (Å²) in [5, 5.41) is 17.4. The van der Waals surface area contributed by atoms with Crippen molar-refractivity contribution in [3.8, 4) is 11.4 Å². The van der Waals surface area contributed by atoms with Crippen LogP contribution < -0.4 is 5.32 Å². The molecule has 2 heterocycles.